The molecule has 0 aliphatic carbocycles. The first kappa shape index (κ1) is 18.8. The molecular weight excluding hydrogens is 328 g/mol. The predicted octanol–water partition coefficient (Wildman–Crippen LogP) is 2.05. The van der Waals surface area contributed by atoms with E-state index >= 15 is 0 Å². The van der Waals surface area contributed by atoms with Crippen molar-refractivity contribution in [3.05, 3.63) is 65.5 Å². The number of nitrogens with zero attached hydrogens (tertiary/aromatic N) is 1. The number of pyridine rings is 1. The van der Waals surface area contributed by atoms with Crippen molar-refractivity contribution in [2.45, 2.75) is 12.8 Å². The Hall–Kier alpha value is -2.54. The van der Waals surface area contributed by atoms with E-state index in [2.05, 4.69) is 15.6 Å². The molecule has 3 N–H and O–H groups in total. The fourth-order valence-corrected chi connectivity index (χ4v) is 2.39. The van der Waals surface area contributed by atoms with Gasteiger partial charge in [0.05, 0.1) is 0 Å². The highest BCUT2D eigenvalue weighted by Crippen LogP contribution is 2.12. The molecule has 2 rings (SSSR count). The van der Waals surface area contributed by atoms with E-state index in [9.17, 15) is 18.7 Å². The Morgan fingerprint density at radius 2 is 1.88 bits per heavy atom. The maximum atomic E-state index is 13.5. The third-order valence-corrected chi connectivity index (χ3v) is 3.76. The highest BCUT2D eigenvalue weighted by molar-refractivity contribution is 5.73. The Bertz CT molecular complexity index is 663. The van der Waals surface area contributed by atoms with E-state index in [4.69, 9.17) is 0 Å². The molecule has 0 bridgehead atoms. The van der Waals surface area contributed by atoms with Crippen LogP contribution in [0.4, 0.5) is 13.6 Å². The number of aromatic nitrogens is 1. The summed E-state index contributed by atoms with van der Waals surface area (Å²) < 4.78 is 27.0. The van der Waals surface area contributed by atoms with Crippen molar-refractivity contribution in [1.82, 2.24) is 15.6 Å². The van der Waals surface area contributed by atoms with Crippen LogP contribution in [0.2, 0.25) is 0 Å². The zero-order valence-corrected chi connectivity index (χ0v) is 13.7. The fourth-order valence-electron chi connectivity index (χ4n) is 2.39. The summed E-state index contributed by atoms with van der Waals surface area (Å²) in [5.41, 5.74) is 0.782. The zero-order valence-electron chi connectivity index (χ0n) is 13.7. The number of benzene rings is 1. The van der Waals surface area contributed by atoms with Crippen molar-refractivity contribution in [3.63, 3.8) is 0 Å². The first-order valence-electron chi connectivity index (χ1n) is 8.05. The van der Waals surface area contributed by atoms with Gasteiger partial charge in [-0.1, -0.05) is 12.1 Å². The molecule has 0 saturated carbocycles. The molecular formula is C18H21F2N3O2. The van der Waals surface area contributed by atoms with Gasteiger partial charge in [-0.25, -0.2) is 13.6 Å². The second kappa shape index (κ2) is 9.68. The zero-order chi connectivity index (χ0) is 18.1. The minimum atomic E-state index is -0.627. The van der Waals surface area contributed by atoms with E-state index in [0.29, 0.717) is 6.42 Å². The van der Waals surface area contributed by atoms with Crippen LogP contribution in [-0.2, 0) is 12.8 Å². The van der Waals surface area contributed by atoms with Gasteiger partial charge in [-0.3, -0.25) is 4.98 Å². The molecule has 5 nitrogen and oxygen atoms in total. The van der Waals surface area contributed by atoms with Crippen molar-refractivity contribution in [3.8, 4) is 0 Å². The number of halogens is 2. The first-order valence-corrected chi connectivity index (χ1v) is 8.05. The van der Waals surface area contributed by atoms with Crippen LogP contribution in [0.5, 0.6) is 0 Å². The summed E-state index contributed by atoms with van der Waals surface area (Å²) in [5, 5.41) is 14.6. The van der Waals surface area contributed by atoms with E-state index in [1.165, 1.54) is 18.2 Å². The van der Waals surface area contributed by atoms with Crippen LogP contribution in [0, 0.1) is 17.6 Å². The molecule has 7 heteroatoms. The summed E-state index contributed by atoms with van der Waals surface area (Å²) in [4.78, 5) is 16.0. The Kier molecular flexibility index (Phi) is 7.28. The Morgan fingerprint density at radius 1 is 1.12 bits per heavy atom. The van der Waals surface area contributed by atoms with E-state index in [1.54, 1.807) is 6.20 Å². The van der Waals surface area contributed by atoms with Crippen LogP contribution in [0.25, 0.3) is 0 Å². The SMILES string of the molecule is O=C(NCCc1c(F)cccc1F)NCC(CO)Cc1ccccn1. The monoisotopic (exact) mass is 349 g/mol. The average Bonchev–Trinajstić information content (AvgIpc) is 2.62. The van der Waals surface area contributed by atoms with Gasteiger partial charge in [0, 0.05) is 43.1 Å². The molecule has 1 heterocycles. The number of aliphatic hydroxyl groups is 1. The number of hydrogen-bond donors (Lipinski definition) is 3. The number of nitrogens with one attached hydrogen (secondary N) is 2. The molecule has 2 amide bonds. The molecule has 1 unspecified atom stereocenters. The molecule has 1 atom stereocenters. The van der Waals surface area contributed by atoms with Gasteiger partial charge < -0.3 is 15.7 Å². The number of urea groups is 1. The van der Waals surface area contributed by atoms with Crippen molar-refractivity contribution in [2.75, 3.05) is 19.7 Å². The minimum Gasteiger partial charge on any atom is -0.396 e. The maximum Gasteiger partial charge on any atom is 0.314 e. The largest absolute Gasteiger partial charge is 0.396 e. The molecule has 0 aliphatic rings. The predicted molar refractivity (Wildman–Crippen MR) is 90.0 cm³/mol. The smallest absolute Gasteiger partial charge is 0.314 e. The number of carbonyl (C=O) groups excluding carboxylic acids is 1. The lowest BCUT2D eigenvalue weighted by Crippen LogP contribution is -2.40. The highest BCUT2D eigenvalue weighted by atomic mass is 19.1. The van der Waals surface area contributed by atoms with Crippen molar-refractivity contribution < 1.29 is 18.7 Å². The average molecular weight is 349 g/mol. The standard InChI is InChI=1S/C18H21F2N3O2/c19-16-5-3-6-17(20)15(16)7-9-22-18(25)23-11-13(12-24)10-14-4-1-2-8-21-14/h1-6,8,13,24H,7,9-12H2,(H2,22,23,25). The van der Waals surface area contributed by atoms with Gasteiger partial charge in [0.15, 0.2) is 0 Å². The van der Waals surface area contributed by atoms with Gasteiger partial charge >= 0.3 is 6.03 Å². The maximum absolute atomic E-state index is 13.5. The van der Waals surface area contributed by atoms with Gasteiger partial charge in [-0.2, -0.15) is 0 Å². The summed E-state index contributed by atoms with van der Waals surface area (Å²) in [6.07, 6.45) is 2.27. The number of aliphatic hydroxyl groups excluding tert-OH is 1. The lowest BCUT2D eigenvalue weighted by molar-refractivity contribution is 0.213. The van der Waals surface area contributed by atoms with Gasteiger partial charge in [0.25, 0.3) is 0 Å². The Balaban J connectivity index is 1.72. The van der Waals surface area contributed by atoms with Crippen LogP contribution in [0.3, 0.4) is 0 Å². The van der Waals surface area contributed by atoms with E-state index in [1.807, 2.05) is 18.2 Å². The molecule has 1 aromatic carbocycles. The topological polar surface area (TPSA) is 74.2 Å². The molecule has 1 aromatic heterocycles. The van der Waals surface area contributed by atoms with Gasteiger partial charge in [-0.15, -0.1) is 0 Å². The molecule has 0 aliphatic heterocycles. The second-order valence-electron chi connectivity index (χ2n) is 5.66. The summed E-state index contributed by atoms with van der Waals surface area (Å²) in [5.74, 6) is -1.42. The third-order valence-electron chi connectivity index (χ3n) is 3.76. The van der Waals surface area contributed by atoms with Crippen LogP contribution in [-0.4, -0.2) is 35.8 Å². The number of carbonyl (C=O) groups is 1. The first-order chi connectivity index (χ1) is 12.1. The molecule has 0 fully saturated rings. The third kappa shape index (κ3) is 6.11. The number of rotatable bonds is 8. The van der Waals surface area contributed by atoms with Gasteiger partial charge in [0.1, 0.15) is 11.6 Å². The number of amides is 2. The number of hydrogen-bond acceptors (Lipinski definition) is 3. The van der Waals surface area contributed by atoms with Crippen LogP contribution >= 0.6 is 0 Å². The van der Waals surface area contributed by atoms with Crippen LogP contribution in [0.15, 0.2) is 42.6 Å². The Labute approximate surface area is 145 Å². The van der Waals surface area contributed by atoms with Gasteiger partial charge in [0.2, 0.25) is 0 Å². The lowest BCUT2D eigenvalue weighted by atomic mass is 10.0. The highest BCUT2D eigenvalue weighted by Gasteiger charge is 2.12. The molecule has 134 valence electrons. The molecule has 25 heavy (non-hydrogen) atoms. The minimum absolute atomic E-state index is 0.0498. The molecule has 0 radical (unpaired) electrons. The van der Waals surface area contributed by atoms with Crippen molar-refractivity contribution >= 4 is 6.03 Å². The lowest BCUT2D eigenvalue weighted by Gasteiger charge is -2.15. The van der Waals surface area contributed by atoms with Crippen molar-refractivity contribution in [1.29, 1.82) is 0 Å². The normalized spacial score (nSPS) is 11.8. The summed E-state index contributed by atoms with van der Waals surface area (Å²) >= 11 is 0. The second-order valence-corrected chi connectivity index (χ2v) is 5.66. The van der Waals surface area contributed by atoms with Crippen molar-refractivity contribution in [2.24, 2.45) is 5.92 Å². The van der Waals surface area contributed by atoms with Crippen LogP contribution < -0.4 is 10.6 Å². The summed E-state index contributed by atoms with van der Waals surface area (Å²) in [6.45, 7) is 0.290. The fraction of sp³-hybridized carbons (Fsp3) is 0.333. The summed E-state index contributed by atoms with van der Waals surface area (Å²) in [7, 11) is 0. The summed E-state index contributed by atoms with van der Waals surface area (Å²) in [6, 6.07) is 8.73. The van der Waals surface area contributed by atoms with E-state index in [0.717, 1.165) is 5.69 Å². The Morgan fingerprint density at radius 3 is 2.52 bits per heavy atom. The van der Waals surface area contributed by atoms with E-state index in [-0.39, 0.29) is 37.6 Å². The quantitative estimate of drug-likeness (QED) is 0.683. The van der Waals surface area contributed by atoms with Crippen LogP contribution in [0.1, 0.15) is 11.3 Å². The molecule has 0 saturated heterocycles. The molecule has 2 aromatic rings. The van der Waals surface area contributed by atoms with Gasteiger partial charge in [-0.05, 0) is 37.1 Å². The van der Waals surface area contributed by atoms with E-state index < -0.39 is 17.7 Å². The molecule has 0 spiro atoms.